The largest absolute Gasteiger partial charge is 0.393 e. The van der Waals surface area contributed by atoms with Gasteiger partial charge < -0.3 is 5.11 Å². The Morgan fingerprint density at radius 1 is 1.00 bits per heavy atom. The van der Waals surface area contributed by atoms with E-state index in [0.717, 1.165) is 18.3 Å². The summed E-state index contributed by atoms with van der Waals surface area (Å²) in [5.41, 5.74) is 0. The molecule has 1 heteroatoms. The maximum atomic E-state index is 8.72. The lowest BCUT2D eigenvalue weighted by Gasteiger charge is -2.11. The van der Waals surface area contributed by atoms with Crippen molar-refractivity contribution < 1.29 is 5.11 Å². The van der Waals surface area contributed by atoms with E-state index in [1.54, 1.807) is 0 Å². The Hall–Kier alpha value is -0.0400. The topological polar surface area (TPSA) is 20.2 Å². The smallest absolute Gasteiger partial charge is 0.0514 e. The molecule has 0 amide bonds. The Labute approximate surface area is 104 Å². The molecule has 0 aromatic heterocycles. The van der Waals surface area contributed by atoms with E-state index in [1.807, 2.05) is 6.92 Å². The van der Waals surface area contributed by atoms with E-state index in [0.29, 0.717) is 5.92 Å². The van der Waals surface area contributed by atoms with E-state index in [-0.39, 0.29) is 13.5 Å². The number of hydrogen-bond acceptors (Lipinski definition) is 1. The molecule has 0 radical (unpaired) electrons. The Kier molecular flexibility index (Phi) is 11.6. The number of rotatable bonds is 3. The molecule has 0 bridgehead atoms. The van der Waals surface area contributed by atoms with Crippen molar-refractivity contribution in [2.24, 2.45) is 17.8 Å². The van der Waals surface area contributed by atoms with Gasteiger partial charge in [-0.1, -0.05) is 60.8 Å². The first kappa shape index (κ1) is 18.3. The molecule has 100 valence electrons. The third-order valence-electron chi connectivity index (χ3n) is 3.16. The van der Waals surface area contributed by atoms with Crippen LogP contribution < -0.4 is 0 Å². The summed E-state index contributed by atoms with van der Waals surface area (Å²) < 4.78 is 0. The van der Waals surface area contributed by atoms with E-state index < -0.39 is 0 Å². The zero-order chi connectivity index (χ0) is 11.8. The summed E-state index contributed by atoms with van der Waals surface area (Å²) in [6, 6.07) is 0. The lowest BCUT2D eigenvalue weighted by molar-refractivity contribution is 0.168. The summed E-state index contributed by atoms with van der Waals surface area (Å²) in [5.74, 6) is 2.63. The normalized spacial score (nSPS) is 18.0. The highest BCUT2D eigenvalue weighted by Gasteiger charge is 2.17. The van der Waals surface area contributed by atoms with Gasteiger partial charge in [-0.25, -0.2) is 0 Å². The lowest BCUT2D eigenvalue weighted by atomic mass is 9.95. The monoisotopic (exact) mass is 230 g/mol. The third-order valence-corrected chi connectivity index (χ3v) is 3.16. The van der Waals surface area contributed by atoms with Gasteiger partial charge in [-0.3, -0.25) is 0 Å². The minimum atomic E-state index is -0.125. The summed E-state index contributed by atoms with van der Waals surface area (Å²) >= 11 is 0. The Balaban J connectivity index is 0. The molecule has 1 aliphatic carbocycles. The van der Waals surface area contributed by atoms with Crippen LogP contribution in [0, 0.1) is 17.8 Å². The second-order valence-corrected chi connectivity index (χ2v) is 5.77. The predicted molar refractivity (Wildman–Crippen MR) is 74.7 cm³/mol. The van der Waals surface area contributed by atoms with Crippen LogP contribution in [0.2, 0.25) is 0 Å². The molecular formula is C15H34O. The molecule has 1 aliphatic rings. The third kappa shape index (κ3) is 10.5. The van der Waals surface area contributed by atoms with E-state index in [9.17, 15) is 0 Å². The van der Waals surface area contributed by atoms with Crippen LogP contribution in [-0.2, 0) is 0 Å². The van der Waals surface area contributed by atoms with Crippen LogP contribution in [0.15, 0.2) is 0 Å². The molecule has 1 saturated carbocycles. The molecule has 0 unspecified atom stereocenters. The van der Waals surface area contributed by atoms with Crippen molar-refractivity contribution in [3.8, 4) is 0 Å². The molecule has 1 rings (SSSR count). The summed E-state index contributed by atoms with van der Waals surface area (Å²) in [4.78, 5) is 0. The predicted octanol–water partition coefficient (Wildman–Crippen LogP) is 4.88. The summed E-state index contributed by atoms with van der Waals surface area (Å²) in [6.07, 6.45) is 6.76. The summed E-state index contributed by atoms with van der Waals surface area (Å²) in [5, 5.41) is 8.72. The molecule has 16 heavy (non-hydrogen) atoms. The fraction of sp³-hybridized carbons (Fsp3) is 1.00. The molecule has 0 heterocycles. The minimum Gasteiger partial charge on any atom is -0.393 e. The highest BCUT2D eigenvalue weighted by molar-refractivity contribution is 4.69. The highest BCUT2D eigenvalue weighted by atomic mass is 16.3. The van der Waals surface area contributed by atoms with Crippen molar-refractivity contribution >= 4 is 0 Å². The van der Waals surface area contributed by atoms with Gasteiger partial charge in [-0.15, -0.1) is 0 Å². The van der Waals surface area contributed by atoms with Crippen LogP contribution in [0.5, 0.6) is 0 Å². The van der Waals surface area contributed by atoms with Gasteiger partial charge in [0.25, 0.3) is 0 Å². The van der Waals surface area contributed by atoms with Gasteiger partial charge >= 0.3 is 0 Å². The standard InChI is InChI=1S/C8H16.C6H14O.CH4/c1-7(2)8-5-3-4-6-8;1-5(2)4-6(3)7;/h7-8H,3-6H2,1-2H3;5-7H,4H2,1-3H3;1H4/t;6-;/m.0./s1. The van der Waals surface area contributed by atoms with Crippen molar-refractivity contribution in [2.75, 3.05) is 0 Å². The highest BCUT2D eigenvalue weighted by Crippen LogP contribution is 2.30. The van der Waals surface area contributed by atoms with Gasteiger partial charge in [0.2, 0.25) is 0 Å². The van der Waals surface area contributed by atoms with Crippen LogP contribution in [0.4, 0.5) is 0 Å². The minimum absolute atomic E-state index is 0. The van der Waals surface area contributed by atoms with Gasteiger partial charge in [0.05, 0.1) is 6.10 Å². The Bertz CT molecular complexity index is 126. The van der Waals surface area contributed by atoms with Crippen molar-refractivity contribution in [1.29, 1.82) is 0 Å². The fourth-order valence-electron chi connectivity index (χ4n) is 2.31. The first-order chi connectivity index (χ1) is 6.93. The second kappa shape index (κ2) is 10.1. The van der Waals surface area contributed by atoms with E-state index in [2.05, 4.69) is 27.7 Å². The van der Waals surface area contributed by atoms with Crippen molar-refractivity contribution in [1.82, 2.24) is 0 Å². The molecule has 1 atom stereocenters. The fourth-order valence-corrected chi connectivity index (χ4v) is 2.31. The van der Waals surface area contributed by atoms with E-state index in [4.69, 9.17) is 5.11 Å². The Morgan fingerprint density at radius 3 is 1.56 bits per heavy atom. The van der Waals surface area contributed by atoms with Crippen LogP contribution in [0.25, 0.3) is 0 Å². The van der Waals surface area contributed by atoms with Crippen molar-refractivity contribution in [3.63, 3.8) is 0 Å². The molecule has 0 saturated heterocycles. The summed E-state index contributed by atoms with van der Waals surface area (Å²) in [7, 11) is 0. The zero-order valence-electron chi connectivity index (χ0n) is 11.3. The number of aliphatic hydroxyl groups excluding tert-OH is 1. The van der Waals surface area contributed by atoms with Crippen LogP contribution in [0.1, 0.15) is 74.1 Å². The van der Waals surface area contributed by atoms with Gasteiger partial charge in [-0.2, -0.15) is 0 Å². The average molecular weight is 230 g/mol. The van der Waals surface area contributed by atoms with Gasteiger partial charge in [0.15, 0.2) is 0 Å². The first-order valence-corrected chi connectivity index (χ1v) is 6.61. The van der Waals surface area contributed by atoms with Crippen LogP contribution >= 0.6 is 0 Å². The van der Waals surface area contributed by atoms with E-state index in [1.165, 1.54) is 25.7 Å². The Morgan fingerprint density at radius 2 is 1.44 bits per heavy atom. The molecule has 1 nitrogen and oxygen atoms in total. The number of hydrogen-bond donors (Lipinski definition) is 1. The molecule has 0 spiro atoms. The second-order valence-electron chi connectivity index (χ2n) is 5.77. The van der Waals surface area contributed by atoms with Gasteiger partial charge in [0.1, 0.15) is 0 Å². The molecular weight excluding hydrogens is 196 g/mol. The van der Waals surface area contributed by atoms with Gasteiger partial charge in [0, 0.05) is 0 Å². The first-order valence-electron chi connectivity index (χ1n) is 6.61. The SMILES string of the molecule is C.CC(C)C1CCCC1.CC(C)C[C@H](C)O. The molecule has 0 aromatic rings. The molecule has 0 aliphatic heterocycles. The maximum absolute atomic E-state index is 8.72. The number of aliphatic hydroxyl groups is 1. The van der Waals surface area contributed by atoms with Crippen molar-refractivity contribution in [3.05, 3.63) is 0 Å². The molecule has 1 fully saturated rings. The zero-order valence-corrected chi connectivity index (χ0v) is 11.3. The lowest BCUT2D eigenvalue weighted by Crippen LogP contribution is -2.03. The maximum Gasteiger partial charge on any atom is 0.0514 e. The quantitative estimate of drug-likeness (QED) is 0.732. The summed E-state index contributed by atoms with van der Waals surface area (Å²) in [6.45, 7) is 10.7. The molecule has 1 N–H and O–H groups in total. The van der Waals surface area contributed by atoms with Crippen LogP contribution in [0.3, 0.4) is 0 Å². The molecule has 0 aromatic carbocycles. The van der Waals surface area contributed by atoms with Gasteiger partial charge in [-0.05, 0) is 31.1 Å². The van der Waals surface area contributed by atoms with E-state index >= 15 is 0 Å². The van der Waals surface area contributed by atoms with Crippen LogP contribution in [-0.4, -0.2) is 11.2 Å². The average Bonchev–Trinajstić information content (AvgIpc) is 2.52. The van der Waals surface area contributed by atoms with Crippen molar-refractivity contribution in [2.45, 2.75) is 80.3 Å².